The molecular weight excluding hydrogens is 412 g/mol. The summed E-state index contributed by atoms with van der Waals surface area (Å²) in [4.78, 5) is 33.1. The zero-order valence-corrected chi connectivity index (χ0v) is 18.1. The van der Waals surface area contributed by atoms with E-state index in [-0.39, 0.29) is 29.5 Å². The van der Waals surface area contributed by atoms with Crippen molar-refractivity contribution < 1.29 is 19.1 Å². The highest BCUT2D eigenvalue weighted by Gasteiger charge is 2.53. The number of nitrogens with zero attached hydrogens (tertiary/aromatic N) is 2. The van der Waals surface area contributed by atoms with E-state index in [1.54, 1.807) is 17.2 Å². The molecule has 1 fully saturated rings. The number of fused-ring (bicyclic) bond motifs is 1. The summed E-state index contributed by atoms with van der Waals surface area (Å²) in [7, 11) is 0. The quantitative estimate of drug-likeness (QED) is 0.648. The molecule has 1 aromatic carbocycles. The molecule has 3 heterocycles. The first kappa shape index (κ1) is 20.0. The molecule has 160 valence electrons. The van der Waals surface area contributed by atoms with Crippen molar-refractivity contribution in [1.29, 1.82) is 0 Å². The largest absolute Gasteiger partial charge is 0.490 e. The molecule has 1 amide bonds. The highest BCUT2D eigenvalue weighted by molar-refractivity contribution is 7.13. The third-order valence-corrected chi connectivity index (χ3v) is 7.07. The van der Waals surface area contributed by atoms with Crippen molar-refractivity contribution in [3.8, 4) is 5.75 Å². The van der Waals surface area contributed by atoms with Crippen LogP contribution in [0.2, 0.25) is 0 Å². The monoisotopic (exact) mass is 436 g/mol. The summed E-state index contributed by atoms with van der Waals surface area (Å²) in [6.07, 6.45) is 5.75. The first-order valence-corrected chi connectivity index (χ1v) is 11.5. The number of benzene rings is 1. The normalized spacial score (nSPS) is 27.6. The second-order valence-electron chi connectivity index (χ2n) is 8.35. The van der Waals surface area contributed by atoms with E-state index in [2.05, 4.69) is 18.5 Å². The van der Waals surface area contributed by atoms with Gasteiger partial charge >= 0.3 is 0 Å². The van der Waals surface area contributed by atoms with Crippen molar-refractivity contribution in [2.24, 2.45) is 11.8 Å². The smallest absolute Gasteiger partial charge is 0.296 e. The van der Waals surface area contributed by atoms with E-state index in [0.29, 0.717) is 29.0 Å². The van der Waals surface area contributed by atoms with Crippen LogP contribution in [0.1, 0.15) is 37.8 Å². The molecule has 7 heteroatoms. The summed E-state index contributed by atoms with van der Waals surface area (Å²) in [6, 6.07) is 6.95. The zero-order valence-electron chi connectivity index (χ0n) is 17.3. The number of amides is 1. The standard InChI is InChI=1S/C24H24N2O4S/c1-3-11-29-16-7-5-15(6-8-16)20-19-21(27)17-13-14(2)4-9-18(17)30-22(19)23(28)26(20)24-25-10-12-31-24/h3,5-8,10,12,14,17-18,20H,1,4,9,11,13H2,2H3. The van der Waals surface area contributed by atoms with Crippen LogP contribution in [0.4, 0.5) is 5.13 Å². The summed E-state index contributed by atoms with van der Waals surface area (Å²) >= 11 is 1.37. The van der Waals surface area contributed by atoms with Gasteiger partial charge in [-0.25, -0.2) is 4.98 Å². The van der Waals surface area contributed by atoms with Gasteiger partial charge in [0.05, 0.1) is 17.5 Å². The number of carbonyl (C=O) groups excluding carboxylic acids is 2. The van der Waals surface area contributed by atoms with Crippen LogP contribution in [-0.2, 0) is 14.3 Å². The third-order valence-electron chi connectivity index (χ3n) is 6.30. The molecular formula is C24H24N2O4S. The number of hydrogen-bond donors (Lipinski definition) is 0. The Morgan fingerprint density at radius 3 is 2.81 bits per heavy atom. The molecule has 0 radical (unpaired) electrons. The van der Waals surface area contributed by atoms with Crippen LogP contribution in [0.3, 0.4) is 0 Å². The predicted molar refractivity (Wildman–Crippen MR) is 118 cm³/mol. The molecule has 0 N–H and O–H groups in total. The maximum Gasteiger partial charge on any atom is 0.296 e. The molecule has 0 saturated heterocycles. The van der Waals surface area contributed by atoms with E-state index < -0.39 is 6.04 Å². The first-order chi connectivity index (χ1) is 15.1. The number of aromatic nitrogens is 1. The Kier molecular flexibility index (Phi) is 5.14. The van der Waals surface area contributed by atoms with Crippen LogP contribution in [-0.4, -0.2) is 29.4 Å². The minimum atomic E-state index is -0.548. The number of rotatable bonds is 5. The lowest BCUT2D eigenvalue weighted by Gasteiger charge is -2.37. The van der Waals surface area contributed by atoms with Gasteiger partial charge < -0.3 is 9.47 Å². The summed E-state index contributed by atoms with van der Waals surface area (Å²) < 4.78 is 11.8. The maximum atomic E-state index is 13.7. The van der Waals surface area contributed by atoms with Crippen LogP contribution in [0.5, 0.6) is 5.75 Å². The fourth-order valence-corrected chi connectivity index (χ4v) is 5.49. The van der Waals surface area contributed by atoms with Gasteiger partial charge in [0.2, 0.25) is 0 Å². The summed E-state index contributed by atoms with van der Waals surface area (Å²) in [5.74, 6) is 0.949. The van der Waals surface area contributed by atoms with Gasteiger partial charge in [-0.05, 0) is 42.9 Å². The fraction of sp³-hybridized carbons (Fsp3) is 0.375. The Morgan fingerprint density at radius 2 is 2.10 bits per heavy atom. The number of ether oxygens (including phenoxy) is 2. The Hall–Kier alpha value is -2.93. The third kappa shape index (κ3) is 3.37. The Labute approximate surface area is 185 Å². The van der Waals surface area contributed by atoms with Crippen LogP contribution in [0.15, 0.2) is 59.8 Å². The first-order valence-electron chi connectivity index (χ1n) is 10.6. The van der Waals surface area contributed by atoms with E-state index in [1.807, 2.05) is 29.6 Å². The second kappa shape index (κ2) is 7.96. The van der Waals surface area contributed by atoms with Gasteiger partial charge in [-0.3, -0.25) is 14.5 Å². The molecule has 0 bridgehead atoms. The molecule has 4 atom stereocenters. The summed E-state index contributed by atoms with van der Waals surface area (Å²) in [6.45, 7) is 6.25. The average molecular weight is 437 g/mol. The van der Waals surface area contributed by atoms with Crippen LogP contribution >= 0.6 is 11.3 Å². The van der Waals surface area contributed by atoms with Crippen LogP contribution in [0.25, 0.3) is 0 Å². The van der Waals surface area contributed by atoms with Gasteiger partial charge in [0.1, 0.15) is 18.5 Å². The average Bonchev–Trinajstić information content (AvgIpc) is 3.40. The fourth-order valence-electron chi connectivity index (χ4n) is 4.83. The number of Topliss-reactive ketones (excluding diaryl/α,β-unsaturated/α-hetero) is 1. The van der Waals surface area contributed by atoms with Crippen LogP contribution in [0, 0.1) is 11.8 Å². The Morgan fingerprint density at radius 1 is 1.29 bits per heavy atom. The molecule has 1 aromatic heterocycles. The number of ketones is 1. The molecule has 31 heavy (non-hydrogen) atoms. The SMILES string of the molecule is C=CCOc1ccc(C2C3=C(OC4CCC(C)CC4C3=O)C(=O)N2c2nccs2)cc1. The predicted octanol–water partition coefficient (Wildman–Crippen LogP) is 4.45. The van der Waals surface area contributed by atoms with Crippen molar-refractivity contribution in [2.75, 3.05) is 11.5 Å². The Bertz CT molecular complexity index is 1040. The van der Waals surface area contributed by atoms with Crippen LogP contribution < -0.4 is 9.64 Å². The Balaban J connectivity index is 1.57. The molecule has 1 saturated carbocycles. The number of hydrogen-bond acceptors (Lipinski definition) is 6. The highest BCUT2D eigenvalue weighted by atomic mass is 32.1. The van der Waals surface area contributed by atoms with E-state index in [4.69, 9.17) is 9.47 Å². The summed E-state index contributed by atoms with van der Waals surface area (Å²) in [5, 5.41) is 2.39. The number of thiazole rings is 1. The zero-order chi connectivity index (χ0) is 21.5. The molecule has 4 unspecified atom stereocenters. The highest BCUT2D eigenvalue weighted by Crippen LogP contribution is 2.49. The summed E-state index contributed by atoms with van der Waals surface area (Å²) in [5.41, 5.74) is 1.30. The van der Waals surface area contributed by atoms with E-state index in [9.17, 15) is 9.59 Å². The molecule has 6 nitrogen and oxygen atoms in total. The molecule has 0 spiro atoms. The van der Waals surface area contributed by atoms with E-state index >= 15 is 0 Å². The van der Waals surface area contributed by atoms with Gasteiger partial charge in [0.25, 0.3) is 5.91 Å². The molecule has 1 aliphatic carbocycles. The molecule has 2 aliphatic heterocycles. The van der Waals surface area contributed by atoms with E-state index in [0.717, 1.165) is 24.8 Å². The van der Waals surface area contributed by atoms with Crippen molar-refractivity contribution >= 4 is 28.2 Å². The van der Waals surface area contributed by atoms with Crippen molar-refractivity contribution in [3.05, 3.63) is 65.4 Å². The van der Waals surface area contributed by atoms with Gasteiger partial charge in [-0.1, -0.05) is 31.7 Å². The lowest BCUT2D eigenvalue weighted by atomic mass is 9.74. The van der Waals surface area contributed by atoms with Gasteiger partial charge in [-0.2, -0.15) is 0 Å². The second-order valence-corrected chi connectivity index (χ2v) is 9.22. The minimum Gasteiger partial charge on any atom is -0.490 e. The van der Waals surface area contributed by atoms with Gasteiger partial charge in [0, 0.05) is 11.6 Å². The van der Waals surface area contributed by atoms with Crippen molar-refractivity contribution in [2.45, 2.75) is 38.3 Å². The lowest BCUT2D eigenvalue weighted by Crippen LogP contribution is -2.41. The molecule has 2 aromatic rings. The number of carbonyl (C=O) groups is 2. The van der Waals surface area contributed by atoms with Gasteiger partial charge in [0.15, 0.2) is 16.7 Å². The maximum absolute atomic E-state index is 13.7. The molecule has 5 rings (SSSR count). The lowest BCUT2D eigenvalue weighted by molar-refractivity contribution is -0.132. The molecule has 3 aliphatic rings. The van der Waals surface area contributed by atoms with Gasteiger partial charge in [-0.15, -0.1) is 11.3 Å². The van der Waals surface area contributed by atoms with E-state index in [1.165, 1.54) is 11.3 Å². The van der Waals surface area contributed by atoms with Crippen molar-refractivity contribution in [1.82, 2.24) is 4.98 Å². The van der Waals surface area contributed by atoms with Crippen molar-refractivity contribution in [3.63, 3.8) is 0 Å². The number of anilines is 1. The topological polar surface area (TPSA) is 68.7 Å². The minimum absolute atomic E-state index is 0.0437.